The van der Waals surface area contributed by atoms with Crippen LogP contribution in [0.3, 0.4) is 0 Å². The molecule has 4 rings (SSSR count). The van der Waals surface area contributed by atoms with Crippen LogP contribution in [0.15, 0.2) is 82.8 Å². The molecule has 0 unspecified atom stereocenters. The third-order valence-electron chi connectivity index (χ3n) is 5.01. The number of rotatable bonds is 3. The van der Waals surface area contributed by atoms with E-state index in [0.717, 1.165) is 28.4 Å². The van der Waals surface area contributed by atoms with Crippen LogP contribution in [0.5, 0.6) is 0 Å². The molecule has 1 heterocycles. The first kappa shape index (κ1) is 17.2. The van der Waals surface area contributed by atoms with Crippen molar-refractivity contribution < 1.29 is 0 Å². The molecular weight excluding hydrogens is 330 g/mol. The standard InChI is InChI=1S/C24H23N3/c1-16-10-4-7-13-19(16)22-25-23(20-14-8-5-11-17(20)2)27-24(26-22)21-15-9-6-12-18(21)3/h4-15,22H,1-3H3,(H,25,26,27). The lowest BCUT2D eigenvalue weighted by atomic mass is 10.0. The number of benzene rings is 3. The van der Waals surface area contributed by atoms with Crippen LogP contribution in [0.2, 0.25) is 0 Å². The number of amidine groups is 2. The summed E-state index contributed by atoms with van der Waals surface area (Å²) in [6.45, 7) is 6.34. The molecule has 3 aromatic rings. The Morgan fingerprint density at radius 3 is 1.52 bits per heavy atom. The van der Waals surface area contributed by atoms with Crippen LogP contribution in [0.4, 0.5) is 0 Å². The van der Waals surface area contributed by atoms with Crippen molar-refractivity contribution in [2.45, 2.75) is 26.9 Å². The van der Waals surface area contributed by atoms with Crippen molar-refractivity contribution in [1.29, 1.82) is 0 Å². The summed E-state index contributed by atoms with van der Waals surface area (Å²) in [5.74, 6) is 1.74. The zero-order valence-electron chi connectivity index (χ0n) is 15.9. The topological polar surface area (TPSA) is 36.8 Å². The minimum Gasteiger partial charge on any atom is -0.324 e. The SMILES string of the molecule is Cc1ccccc1C1=NC(c2ccccc2C)N=C(c2ccccc2C)N1. The molecule has 1 aliphatic heterocycles. The van der Waals surface area contributed by atoms with Gasteiger partial charge in [0.25, 0.3) is 0 Å². The van der Waals surface area contributed by atoms with E-state index in [1.807, 2.05) is 0 Å². The zero-order chi connectivity index (χ0) is 18.8. The van der Waals surface area contributed by atoms with E-state index in [0.29, 0.717) is 0 Å². The molecule has 0 bridgehead atoms. The van der Waals surface area contributed by atoms with Gasteiger partial charge in [-0.3, -0.25) is 0 Å². The van der Waals surface area contributed by atoms with Crippen LogP contribution in [-0.4, -0.2) is 11.7 Å². The van der Waals surface area contributed by atoms with Crippen molar-refractivity contribution in [3.8, 4) is 0 Å². The van der Waals surface area contributed by atoms with Gasteiger partial charge in [-0.15, -0.1) is 0 Å². The maximum absolute atomic E-state index is 4.97. The van der Waals surface area contributed by atoms with Gasteiger partial charge in [0, 0.05) is 16.7 Å². The molecule has 1 aliphatic rings. The number of hydrogen-bond donors (Lipinski definition) is 1. The Bertz CT molecular complexity index is 985. The Balaban J connectivity index is 1.86. The monoisotopic (exact) mass is 353 g/mol. The summed E-state index contributed by atoms with van der Waals surface area (Å²) in [6, 6.07) is 25.0. The summed E-state index contributed by atoms with van der Waals surface area (Å²) < 4.78 is 0. The molecule has 0 spiro atoms. The Morgan fingerprint density at radius 1 is 0.593 bits per heavy atom. The van der Waals surface area contributed by atoms with Crippen molar-refractivity contribution in [3.63, 3.8) is 0 Å². The number of nitrogens with zero attached hydrogens (tertiary/aromatic N) is 2. The molecule has 0 atom stereocenters. The van der Waals surface area contributed by atoms with Gasteiger partial charge in [0.1, 0.15) is 11.7 Å². The number of hydrogen-bond acceptors (Lipinski definition) is 3. The maximum atomic E-state index is 4.97. The Morgan fingerprint density at radius 2 is 1.04 bits per heavy atom. The molecule has 27 heavy (non-hydrogen) atoms. The molecule has 0 radical (unpaired) electrons. The van der Waals surface area contributed by atoms with Crippen LogP contribution in [0, 0.1) is 20.8 Å². The summed E-state index contributed by atoms with van der Waals surface area (Å²) in [7, 11) is 0. The van der Waals surface area contributed by atoms with E-state index in [1.165, 1.54) is 16.7 Å². The van der Waals surface area contributed by atoms with Gasteiger partial charge >= 0.3 is 0 Å². The third kappa shape index (κ3) is 3.41. The van der Waals surface area contributed by atoms with Crippen LogP contribution < -0.4 is 5.32 Å². The highest BCUT2D eigenvalue weighted by Gasteiger charge is 2.22. The first-order valence-electron chi connectivity index (χ1n) is 9.23. The minimum atomic E-state index is -0.253. The van der Waals surface area contributed by atoms with Gasteiger partial charge in [0.05, 0.1) is 0 Å². The van der Waals surface area contributed by atoms with Gasteiger partial charge in [-0.25, -0.2) is 9.98 Å². The fourth-order valence-electron chi connectivity index (χ4n) is 3.42. The average molecular weight is 353 g/mol. The fraction of sp³-hybridized carbons (Fsp3) is 0.167. The van der Waals surface area contributed by atoms with Gasteiger partial charge in [0.2, 0.25) is 0 Å². The van der Waals surface area contributed by atoms with E-state index >= 15 is 0 Å². The summed E-state index contributed by atoms with van der Waals surface area (Å²) in [5, 5.41) is 3.49. The molecule has 3 heteroatoms. The van der Waals surface area contributed by atoms with Crippen LogP contribution in [0.25, 0.3) is 0 Å². The molecule has 134 valence electrons. The van der Waals surface area contributed by atoms with Crippen molar-refractivity contribution in [3.05, 3.63) is 106 Å². The van der Waals surface area contributed by atoms with Crippen molar-refractivity contribution in [2.75, 3.05) is 0 Å². The van der Waals surface area contributed by atoms with E-state index in [9.17, 15) is 0 Å². The minimum absolute atomic E-state index is 0.253. The lowest BCUT2D eigenvalue weighted by molar-refractivity contribution is 0.749. The van der Waals surface area contributed by atoms with Crippen LogP contribution in [0.1, 0.15) is 39.5 Å². The van der Waals surface area contributed by atoms with Gasteiger partial charge in [0.15, 0.2) is 6.17 Å². The summed E-state index contributed by atoms with van der Waals surface area (Å²) in [6.07, 6.45) is -0.253. The summed E-state index contributed by atoms with van der Waals surface area (Å²) >= 11 is 0. The smallest absolute Gasteiger partial charge is 0.170 e. The lowest BCUT2D eigenvalue weighted by Crippen LogP contribution is -2.36. The predicted molar refractivity (Wildman–Crippen MR) is 112 cm³/mol. The highest BCUT2D eigenvalue weighted by atomic mass is 15.2. The molecule has 0 saturated heterocycles. The average Bonchev–Trinajstić information content (AvgIpc) is 2.69. The molecule has 1 N–H and O–H groups in total. The number of aliphatic imine (C=N–C) groups is 2. The first-order chi connectivity index (χ1) is 13.1. The van der Waals surface area contributed by atoms with Crippen molar-refractivity contribution in [1.82, 2.24) is 5.32 Å². The fourth-order valence-corrected chi connectivity index (χ4v) is 3.42. The summed E-state index contributed by atoms with van der Waals surface area (Å²) in [5.41, 5.74) is 6.94. The Kier molecular flexibility index (Phi) is 4.59. The van der Waals surface area contributed by atoms with Crippen molar-refractivity contribution >= 4 is 11.7 Å². The van der Waals surface area contributed by atoms with E-state index < -0.39 is 0 Å². The van der Waals surface area contributed by atoms with E-state index in [2.05, 4.69) is 98.9 Å². The summed E-state index contributed by atoms with van der Waals surface area (Å²) in [4.78, 5) is 9.93. The molecule has 0 amide bonds. The highest BCUT2D eigenvalue weighted by Crippen LogP contribution is 2.27. The van der Waals surface area contributed by atoms with E-state index in [1.54, 1.807) is 0 Å². The molecular formula is C24H23N3. The Labute approximate surface area is 160 Å². The molecule has 0 aromatic heterocycles. The van der Waals surface area contributed by atoms with Gasteiger partial charge in [-0.1, -0.05) is 72.8 Å². The molecule has 0 aliphatic carbocycles. The molecule has 3 aromatic carbocycles. The van der Waals surface area contributed by atoms with E-state index in [4.69, 9.17) is 9.98 Å². The van der Waals surface area contributed by atoms with Crippen LogP contribution in [-0.2, 0) is 0 Å². The second-order valence-electron chi connectivity index (χ2n) is 6.94. The van der Waals surface area contributed by atoms with Crippen molar-refractivity contribution in [2.24, 2.45) is 9.98 Å². The largest absolute Gasteiger partial charge is 0.324 e. The molecule has 0 fully saturated rings. The van der Waals surface area contributed by atoms with E-state index in [-0.39, 0.29) is 6.17 Å². The number of nitrogens with one attached hydrogen (secondary N) is 1. The van der Waals surface area contributed by atoms with Gasteiger partial charge in [-0.2, -0.15) is 0 Å². The second-order valence-corrected chi connectivity index (χ2v) is 6.94. The van der Waals surface area contributed by atoms with Crippen LogP contribution >= 0.6 is 0 Å². The zero-order valence-corrected chi connectivity index (χ0v) is 15.9. The van der Waals surface area contributed by atoms with Gasteiger partial charge < -0.3 is 5.32 Å². The molecule has 0 saturated carbocycles. The molecule has 3 nitrogen and oxygen atoms in total. The maximum Gasteiger partial charge on any atom is 0.170 e. The quantitative estimate of drug-likeness (QED) is 0.698. The number of aryl methyl sites for hydroxylation is 3. The predicted octanol–water partition coefficient (Wildman–Crippen LogP) is 5.11. The van der Waals surface area contributed by atoms with Gasteiger partial charge in [-0.05, 0) is 37.5 Å². The second kappa shape index (κ2) is 7.20. The Hall–Kier alpha value is -3.20. The normalized spacial score (nSPS) is 14.3. The first-order valence-corrected chi connectivity index (χ1v) is 9.23. The lowest BCUT2D eigenvalue weighted by Gasteiger charge is -2.24. The third-order valence-corrected chi connectivity index (χ3v) is 5.01. The highest BCUT2D eigenvalue weighted by molar-refractivity contribution is 6.16.